The van der Waals surface area contributed by atoms with Crippen LogP contribution < -0.4 is 5.32 Å². The summed E-state index contributed by atoms with van der Waals surface area (Å²) in [6.07, 6.45) is 3.83. The van der Waals surface area contributed by atoms with Gasteiger partial charge in [0.05, 0.1) is 11.9 Å². The van der Waals surface area contributed by atoms with Gasteiger partial charge in [-0.25, -0.2) is 0 Å². The number of hydrogen-bond donors (Lipinski definition) is 0. The summed E-state index contributed by atoms with van der Waals surface area (Å²) < 4.78 is 6.60. The molecule has 0 aliphatic carbocycles. The molecule has 0 aliphatic heterocycles. The monoisotopic (exact) mass is 418 g/mol. The van der Waals surface area contributed by atoms with E-state index in [1.807, 2.05) is 12.4 Å². The van der Waals surface area contributed by atoms with Gasteiger partial charge in [0.25, 0.3) is 0 Å². The highest BCUT2D eigenvalue weighted by molar-refractivity contribution is 6.88. The molecule has 0 bridgehead atoms. The molecule has 0 spiro atoms. The van der Waals surface area contributed by atoms with Crippen LogP contribution in [0.2, 0.25) is 19.6 Å². The van der Waals surface area contributed by atoms with Crippen LogP contribution in [-0.2, 0) is 0 Å². The molecule has 6 rings (SSSR count). The fourth-order valence-corrected chi connectivity index (χ4v) is 5.30. The molecule has 0 unspecified atom stereocenters. The second-order valence-electron chi connectivity index (χ2n) is 9.15. The second-order valence-corrected chi connectivity index (χ2v) is 14.2. The lowest BCUT2D eigenvalue weighted by Gasteiger charge is -2.14. The first-order valence-corrected chi connectivity index (χ1v) is 14.1. The molecule has 2 heterocycles. The van der Waals surface area contributed by atoms with Crippen molar-refractivity contribution in [1.82, 2.24) is 9.97 Å². The third-order valence-electron chi connectivity index (χ3n) is 6.07. The topological polar surface area (TPSA) is 38.9 Å². The molecular formula is C27H22N2OSi. The van der Waals surface area contributed by atoms with Gasteiger partial charge in [-0.15, -0.1) is 0 Å². The van der Waals surface area contributed by atoms with Crippen molar-refractivity contribution in [2.45, 2.75) is 19.6 Å². The van der Waals surface area contributed by atoms with Crippen molar-refractivity contribution in [3.63, 3.8) is 0 Å². The van der Waals surface area contributed by atoms with Gasteiger partial charge in [-0.05, 0) is 28.3 Å². The number of benzene rings is 4. The highest BCUT2D eigenvalue weighted by Crippen LogP contribution is 2.40. The van der Waals surface area contributed by atoms with Crippen LogP contribution in [0.25, 0.3) is 54.7 Å². The molecule has 0 radical (unpaired) electrons. The van der Waals surface area contributed by atoms with Crippen LogP contribution in [0.3, 0.4) is 0 Å². The van der Waals surface area contributed by atoms with E-state index >= 15 is 0 Å². The Morgan fingerprint density at radius 1 is 0.645 bits per heavy atom. The minimum atomic E-state index is -1.49. The molecule has 0 N–H and O–H groups in total. The average Bonchev–Trinajstić information content (AvgIpc) is 3.17. The largest absolute Gasteiger partial charge is 0.455 e. The highest BCUT2D eigenvalue weighted by Gasteiger charge is 2.20. The first kappa shape index (κ1) is 18.3. The van der Waals surface area contributed by atoms with Crippen molar-refractivity contribution in [3.8, 4) is 11.3 Å². The van der Waals surface area contributed by atoms with E-state index in [1.54, 1.807) is 0 Å². The Kier molecular flexibility index (Phi) is 3.83. The lowest BCUT2D eigenvalue weighted by Crippen LogP contribution is -2.40. The van der Waals surface area contributed by atoms with Gasteiger partial charge in [0.1, 0.15) is 19.2 Å². The molecule has 0 saturated heterocycles. The van der Waals surface area contributed by atoms with Crippen LogP contribution in [0.4, 0.5) is 0 Å². The summed E-state index contributed by atoms with van der Waals surface area (Å²) in [6.45, 7) is 6.85. The normalized spacial score (nSPS) is 12.4. The maximum Gasteiger partial charge on any atom is 0.144 e. The van der Waals surface area contributed by atoms with Gasteiger partial charge in [-0.1, -0.05) is 74.2 Å². The van der Waals surface area contributed by atoms with Crippen molar-refractivity contribution in [3.05, 3.63) is 79.1 Å². The molecular weight excluding hydrogens is 396 g/mol. The van der Waals surface area contributed by atoms with E-state index in [1.165, 1.54) is 16.2 Å². The van der Waals surface area contributed by atoms with E-state index in [0.29, 0.717) is 0 Å². The molecule has 0 atom stereocenters. The molecule has 0 amide bonds. The Hall–Kier alpha value is -3.50. The van der Waals surface area contributed by atoms with Crippen molar-refractivity contribution in [2.75, 3.05) is 0 Å². The SMILES string of the molecule is C[Si](C)(C)c1cnc(-c2cccc3c2oc2c3ccc3ccc4ccccc4c32)cn1. The number of aromatic nitrogens is 2. The molecule has 0 fully saturated rings. The van der Waals surface area contributed by atoms with E-state index in [9.17, 15) is 0 Å². The maximum atomic E-state index is 6.60. The number of furan rings is 1. The Morgan fingerprint density at radius 2 is 1.39 bits per heavy atom. The van der Waals surface area contributed by atoms with Crippen LogP contribution in [0, 0.1) is 0 Å². The van der Waals surface area contributed by atoms with Gasteiger partial charge in [-0.2, -0.15) is 0 Å². The first-order chi connectivity index (χ1) is 15.0. The minimum Gasteiger partial charge on any atom is -0.455 e. The van der Waals surface area contributed by atoms with Crippen LogP contribution in [0.15, 0.2) is 83.5 Å². The number of rotatable bonds is 2. The van der Waals surface area contributed by atoms with Crippen LogP contribution in [0.5, 0.6) is 0 Å². The summed E-state index contributed by atoms with van der Waals surface area (Å²) in [6, 6.07) is 23.5. The van der Waals surface area contributed by atoms with Gasteiger partial charge < -0.3 is 4.42 Å². The van der Waals surface area contributed by atoms with Crippen molar-refractivity contribution < 1.29 is 4.42 Å². The maximum absolute atomic E-state index is 6.60. The van der Waals surface area contributed by atoms with E-state index in [4.69, 9.17) is 14.4 Å². The second kappa shape index (κ2) is 6.50. The van der Waals surface area contributed by atoms with E-state index in [-0.39, 0.29) is 0 Å². The van der Waals surface area contributed by atoms with Gasteiger partial charge >= 0.3 is 0 Å². The summed E-state index contributed by atoms with van der Waals surface area (Å²) in [5.74, 6) is 0. The first-order valence-electron chi connectivity index (χ1n) is 10.6. The van der Waals surface area contributed by atoms with Gasteiger partial charge in [0, 0.05) is 33.2 Å². The molecule has 31 heavy (non-hydrogen) atoms. The molecule has 4 aromatic carbocycles. The fourth-order valence-electron chi connectivity index (χ4n) is 4.40. The van der Waals surface area contributed by atoms with Gasteiger partial charge in [0.2, 0.25) is 0 Å². The highest BCUT2D eigenvalue weighted by atomic mass is 28.3. The van der Waals surface area contributed by atoms with E-state index < -0.39 is 8.07 Å². The molecule has 6 aromatic rings. The third-order valence-corrected chi connectivity index (χ3v) is 7.86. The number of hydrogen-bond acceptors (Lipinski definition) is 3. The van der Waals surface area contributed by atoms with E-state index in [2.05, 4.69) is 86.4 Å². The number of nitrogens with zero attached hydrogens (tertiary/aromatic N) is 2. The predicted octanol–water partition coefficient (Wildman–Crippen LogP) is 6.89. The van der Waals surface area contributed by atoms with Crippen LogP contribution in [-0.4, -0.2) is 18.0 Å². The zero-order valence-electron chi connectivity index (χ0n) is 17.8. The van der Waals surface area contributed by atoms with Crippen LogP contribution >= 0.6 is 0 Å². The lowest BCUT2D eigenvalue weighted by atomic mass is 9.99. The van der Waals surface area contributed by atoms with Crippen molar-refractivity contribution in [2.24, 2.45) is 0 Å². The molecule has 0 aliphatic rings. The van der Waals surface area contributed by atoms with Crippen LogP contribution in [0.1, 0.15) is 0 Å². The fraction of sp³-hybridized carbons (Fsp3) is 0.111. The molecule has 150 valence electrons. The summed E-state index contributed by atoms with van der Waals surface area (Å²) in [5, 5.41) is 8.14. The number of fused-ring (bicyclic) bond motifs is 7. The molecule has 0 saturated carbocycles. The summed E-state index contributed by atoms with van der Waals surface area (Å²) in [5.41, 5.74) is 3.63. The molecule has 4 heteroatoms. The summed E-state index contributed by atoms with van der Waals surface area (Å²) in [7, 11) is -1.49. The molecule has 2 aromatic heterocycles. The predicted molar refractivity (Wildman–Crippen MR) is 133 cm³/mol. The summed E-state index contributed by atoms with van der Waals surface area (Å²) in [4.78, 5) is 9.50. The quantitative estimate of drug-likeness (QED) is 0.227. The Bertz CT molecular complexity index is 1610. The average molecular weight is 419 g/mol. The Morgan fingerprint density at radius 3 is 2.19 bits per heavy atom. The zero-order chi connectivity index (χ0) is 21.2. The van der Waals surface area contributed by atoms with Crippen molar-refractivity contribution >= 4 is 56.9 Å². The van der Waals surface area contributed by atoms with Gasteiger partial charge in [-0.3, -0.25) is 9.97 Å². The lowest BCUT2D eigenvalue weighted by molar-refractivity contribution is 0.674. The zero-order valence-corrected chi connectivity index (χ0v) is 18.8. The summed E-state index contributed by atoms with van der Waals surface area (Å²) >= 11 is 0. The van der Waals surface area contributed by atoms with E-state index in [0.717, 1.165) is 43.9 Å². The third kappa shape index (κ3) is 2.79. The smallest absolute Gasteiger partial charge is 0.144 e. The Labute approximate surface area is 181 Å². The standard InChI is InChI=1S/C27H22N2OSi/c1-31(2,3)24-16-28-23(15-29-24)22-10-6-9-20-21-14-13-18-12-11-17-7-4-5-8-19(17)25(18)27(21)30-26(20)22/h4-16H,1-3H3. The minimum absolute atomic E-state index is 0.848. The number of para-hydroxylation sites is 1. The van der Waals surface area contributed by atoms with Gasteiger partial charge in [0.15, 0.2) is 0 Å². The molecule has 3 nitrogen and oxygen atoms in total. The Balaban J connectivity index is 1.66. The van der Waals surface area contributed by atoms with Crippen molar-refractivity contribution in [1.29, 1.82) is 0 Å².